The van der Waals surface area contributed by atoms with Gasteiger partial charge in [0.1, 0.15) is 6.73 Å². The Kier molecular flexibility index (Phi) is 5.43. The summed E-state index contributed by atoms with van der Waals surface area (Å²) in [6.45, 7) is 1.21. The zero-order valence-corrected chi connectivity index (χ0v) is 8.73. The van der Waals surface area contributed by atoms with Crippen LogP contribution in [0.25, 0.3) is 0 Å². The fraction of sp³-hybridized carbons (Fsp3) is 0.364. The van der Waals surface area contributed by atoms with Crippen molar-refractivity contribution in [1.82, 2.24) is 5.32 Å². The van der Waals surface area contributed by atoms with Crippen molar-refractivity contribution in [1.29, 1.82) is 0 Å². The van der Waals surface area contributed by atoms with Gasteiger partial charge in [0, 0.05) is 12.7 Å². The second-order valence-corrected chi connectivity index (χ2v) is 2.92. The summed E-state index contributed by atoms with van der Waals surface area (Å²) in [6, 6.07) is 9.02. The van der Waals surface area contributed by atoms with Crippen LogP contribution in [0.5, 0.6) is 0 Å². The van der Waals surface area contributed by atoms with Crippen LogP contribution >= 0.6 is 0 Å². The van der Waals surface area contributed by atoms with Gasteiger partial charge < -0.3 is 14.8 Å². The second kappa shape index (κ2) is 6.98. The number of carbonyl (C=O) groups is 1. The van der Waals surface area contributed by atoms with Gasteiger partial charge >= 0.3 is 0 Å². The minimum atomic E-state index is -0.131. The average Bonchev–Trinajstić information content (AvgIpc) is 2.30. The molecule has 1 amide bonds. The summed E-state index contributed by atoms with van der Waals surface area (Å²) in [5, 5.41) is 2.64. The second-order valence-electron chi connectivity index (χ2n) is 2.92. The molecule has 0 fully saturated rings. The third-order valence-electron chi connectivity index (χ3n) is 1.80. The van der Waals surface area contributed by atoms with Crippen molar-refractivity contribution < 1.29 is 14.3 Å². The number of amides is 1. The molecule has 0 aliphatic carbocycles. The maximum Gasteiger partial charge on any atom is 0.253 e. The monoisotopic (exact) mass is 209 g/mol. The predicted octanol–water partition coefficient (Wildman–Crippen LogP) is 1.04. The molecule has 0 radical (unpaired) electrons. The van der Waals surface area contributed by atoms with E-state index in [0.717, 1.165) is 0 Å². The van der Waals surface area contributed by atoms with Crippen molar-refractivity contribution in [2.75, 3.05) is 27.1 Å². The maximum atomic E-state index is 11.5. The molecular weight excluding hydrogens is 194 g/mol. The normalized spacial score (nSPS) is 9.93. The van der Waals surface area contributed by atoms with Crippen LogP contribution in [0, 0.1) is 0 Å². The minimum Gasteiger partial charge on any atom is -0.382 e. The van der Waals surface area contributed by atoms with Gasteiger partial charge in [0.2, 0.25) is 0 Å². The summed E-state index contributed by atoms with van der Waals surface area (Å²) < 4.78 is 9.91. The van der Waals surface area contributed by atoms with E-state index in [2.05, 4.69) is 5.32 Å². The Bertz CT molecular complexity index is 287. The van der Waals surface area contributed by atoms with E-state index in [1.165, 1.54) is 0 Å². The van der Waals surface area contributed by atoms with Gasteiger partial charge in [0.15, 0.2) is 0 Å². The van der Waals surface area contributed by atoms with Gasteiger partial charge in [-0.15, -0.1) is 0 Å². The zero-order chi connectivity index (χ0) is 10.9. The first-order chi connectivity index (χ1) is 7.34. The molecule has 0 heterocycles. The van der Waals surface area contributed by atoms with Gasteiger partial charge in [0.25, 0.3) is 5.91 Å². The minimum absolute atomic E-state index is 0.131. The molecular formula is C11H15NO3. The number of nitrogens with one attached hydrogen (secondary N) is 1. The molecule has 0 saturated heterocycles. The van der Waals surface area contributed by atoms with Gasteiger partial charge in [-0.3, -0.25) is 4.79 Å². The Hall–Kier alpha value is -1.39. The highest BCUT2D eigenvalue weighted by molar-refractivity contribution is 5.93. The highest BCUT2D eigenvalue weighted by Gasteiger charge is 2.02. The molecule has 1 N–H and O–H groups in total. The highest BCUT2D eigenvalue weighted by Crippen LogP contribution is 1.97. The van der Waals surface area contributed by atoms with Crippen LogP contribution in [0.15, 0.2) is 30.3 Å². The van der Waals surface area contributed by atoms with Gasteiger partial charge in [-0.1, -0.05) is 18.2 Å². The molecule has 1 rings (SSSR count). The first-order valence-corrected chi connectivity index (χ1v) is 4.74. The smallest absolute Gasteiger partial charge is 0.253 e. The third kappa shape index (κ3) is 4.58. The fourth-order valence-electron chi connectivity index (χ4n) is 1.02. The number of methoxy groups -OCH3 is 1. The molecule has 0 bridgehead atoms. The molecule has 4 nitrogen and oxygen atoms in total. The number of rotatable bonds is 6. The lowest BCUT2D eigenvalue weighted by Gasteiger charge is -2.05. The molecule has 0 aliphatic rings. The number of hydrogen-bond acceptors (Lipinski definition) is 3. The van der Waals surface area contributed by atoms with E-state index in [1.54, 1.807) is 19.2 Å². The quantitative estimate of drug-likeness (QED) is 0.562. The van der Waals surface area contributed by atoms with Crippen molar-refractivity contribution in [3.05, 3.63) is 35.9 Å². The summed E-state index contributed by atoms with van der Waals surface area (Å²) in [4.78, 5) is 11.5. The van der Waals surface area contributed by atoms with E-state index >= 15 is 0 Å². The highest BCUT2D eigenvalue weighted by atomic mass is 16.5. The molecule has 15 heavy (non-hydrogen) atoms. The molecule has 82 valence electrons. The van der Waals surface area contributed by atoms with Gasteiger partial charge in [-0.25, -0.2) is 0 Å². The van der Waals surface area contributed by atoms with E-state index in [0.29, 0.717) is 18.8 Å². The van der Waals surface area contributed by atoms with Crippen LogP contribution in [0.4, 0.5) is 0 Å². The average molecular weight is 209 g/mol. The first kappa shape index (κ1) is 11.7. The lowest BCUT2D eigenvalue weighted by atomic mass is 10.2. The molecule has 0 unspecified atom stereocenters. The SMILES string of the molecule is COCCOCNC(=O)c1ccccc1. The van der Waals surface area contributed by atoms with Crippen LogP contribution in [0.2, 0.25) is 0 Å². The van der Waals surface area contributed by atoms with Crippen LogP contribution in [-0.4, -0.2) is 33.0 Å². The zero-order valence-electron chi connectivity index (χ0n) is 8.73. The van der Waals surface area contributed by atoms with Crippen LogP contribution < -0.4 is 5.32 Å². The molecule has 1 aromatic carbocycles. The molecule has 0 aromatic heterocycles. The molecule has 4 heteroatoms. The van der Waals surface area contributed by atoms with E-state index < -0.39 is 0 Å². The van der Waals surface area contributed by atoms with Gasteiger partial charge in [-0.05, 0) is 12.1 Å². The number of ether oxygens (including phenoxy) is 2. The fourth-order valence-corrected chi connectivity index (χ4v) is 1.02. The lowest BCUT2D eigenvalue weighted by molar-refractivity contribution is 0.0549. The Morgan fingerprint density at radius 1 is 1.27 bits per heavy atom. The van der Waals surface area contributed by atoms with Crippen LogP contribution in [0.3, 0.4) is 0 Å². The van der Waals surface area contributed by atoms with Crippen molar-refractivity contribution >= 4 is 5.91 Å². The van der Waals surface area contributed by atoms with E-state index in [4.69, 9.17) is 9.47 Å². The predicted molar refractivity (Wildman–Crippen MR) is 56.6 cm³/mol. The van der Waals surface area contributed by atoms with Gasteiger partial charge in [-0.2, -0.15) is 0 Å². The number of benzene rings is 1. The van der Waals surface area contributed by atoms with E-state index in [1.807, 2.05) is 18.2 Å². The summed E-state index contributed by atoms with van der Waals surface area (Å²) in [7, 11) is 1.60. The number of hydrogen-bond donors (Lipinski definition) is 1. The van der Waals surface area contributed by atoms with Crippen LogP contribution in [0.1, 0.15) is 10.4 Å². The topological polar surface area (TPSA) is 47.6 Å². The number of carbonyl (C=O) groups excluding carboxylic acids is 1. The molecule has 1 aromatic rings. The van der Waals surface area contributed by atoms with Crippen molar-refractivity contribution in [2.24, 2.45) is 0 Å². The Balaban J connectivity index is 2.20. The molecule has 0 saturated carbocycles. The molecule has 0 aliphatic heterocycles. The van der Waals surface area contributed by atoms with Crippen molar-refractivity contribution in [3.63, 3.8) is 0 Å². The first-order valence-electron chi connectivity index (χ1n) is 4.74. The van der Waals surface area contributed by atoms with Gasteiger partial charge in [0.05, 0.1) is 13.2 Å². The summed E-state index contributed by atoms with van der Waals surface area (Å²) in [5.74, 6) is -0.131. The van der Waals surface area contributed by atoms with Crippen LogP contribution in [-0.2, 0) is 9.47 Å². The molecule has 0 atom stereocenters. The Morgan fingerprint density at radius 2 is 2.00 bits per heavy atom. The Labute approximate surface area is 89.2 Å². The van der Waals surface area contributed by atoms with Crippen molar-refractivity contribution in [2.45, 2.75) is 0 Å². The Morgan fingerprint density at radius 3 is 2.67 bits per heavy atom. The standard InChI is InChI=1S/C11H15NO3/c1-14-7-8-15-9-12-11(13)10-5-3-2-4-6-10/h2-6H,7-9H2,1H3,(H,12,13). The lowest BCUT2D eigenvalue weighted by Crippen LogP contribution is -2.26. The molecule has 0 spiro atoms. The summed E-state index contributed by atoms with van der Waals surface area (Å²) >= 11 is 0. The van der Waals surface area contributed by atoms with E-state index in [-0.39, 0.29) is 12.6 Å². The van der Waals surface area contributed by atoms with E-state index in [9.17, 15) is 4.79 Å². The third-order valence-corrected chi connectivity index (χ3v) is 1.80. The summed E-state index contributed by atoms with van der Waals surface area (Å²) in [6.07, 6.45) is 0. The maximum absolute atomic E-state index is 11.5. The summed E-state index contributed by atoms with van der Waals surface area (Å²) in [5.41, 5.74) is 0.632. The van der Waals surface area contributed by atoms with Crippen molar-refractivity contribution in [3.8, 4) is 0 Å². The largest absolute Gasteiger partial charge is 0.382 e.